The summed E-state index contributed by atoms with van der Waals surface area (Å²) in [5.41, 5.74) is 2.02. The SMILES string of the molecule is CCCC[C@H](NC(=O)c1cc2cc(C(F)(F)P(=O)(O)O)ccc2s1)C(=O)N1C[C@H]2CC2[C@H]1C(=O)N[C@@H](CCC(N)=O)C(=O)NCCCCCCC#Cc1cccc2c1CN(C1CCC(=O)NC1=O)C2=O. The first kappa shape index (κ1) is 51.8. The zero-order valence-corrected chi connectivity index (χ0v) is 40.2. The van der Waals surface area contributed by atoms with E-state index < -0.39 is 78.4 Å². The lowest BCUT2D eigenvalue weighted by Crippen LogP contribution is -2.57. The Balaban J connectivity index is 0.897. The fourth-order valence-electron chi connectivity index (χ4n) is 9.33. The van der Waals surface area contributed by atoms with E-state index in [1.807, 2.05) is 13.0 Å². The Morgan fingerprint density at radius 1 is 1.00 bits per heavy atom. The number of rotatable bonds is 21. The summed E-state index contributed by atoms with van der Waals surface area (Å²) in [4.78, 5) is 126. The van der Waals surface area contributed by atoms with Crippen LogP contribution >= 0.6 is 18.9 Å². The van der Waals surface area contributed by atoms with E-state index in [4.69, 9.17) is 5.73 Å². The maximum absolute atomic E-state index is 14.4. The highest BCUT2D eigenvalue weighted by molar-refractivity contribution is 7.52. The molecule has 1 aromatic heterocycles. The van der Waals surface area contributed by atoms with Crippen molar-refractivity contribution in [3.8, 4) is 11.8 Å². The van der Waals surface area contributed by atoms with Crippen molar-refractivity contribution in [1.82, 2.24) is 31.1 Å². The summed E-state index contributed by atoms with van der Waals surface area (Å²) >= 11 is 0.949. The first-order chi connectivity index (χ1) is 33.3. The molecular formula is C48H56F2N7O11PS. The molecule has 4 heterocycles. The number of nitrogens with two attached hydrogens (primary N) is 1. The molecule has 1 saturated carbocycles. The molecule has 0 spiro atoms. The number of imide groups is 1. The van der Waals surface area contributed by atoms with Crippen molar-refractivity contribution in [2.45, 2.75) is 127 Å². The Bertz CT molecular complexity index is 2700. The third kappa shape index (κ3) is 11.7. The van der Waals surface area contributed by atoms with Gasteiger partial charge in [0, 0.05) is 60.3 Å². The van der Waals surface area contributed by atoms with Crippen LogP contribution in [0, 0.1) is 23.7 Å². The molecule has 70 heavy (non-hydrogen) atoms. The van der Waals surface area contributed by atoms with Crippen LogP contribution in [0.25, 0.3) is 10.1 Å². The van der Waals surface area contributed by atoms with E-state index in [1.54, 1.807) is 12.1 Å². The molecule has 3 aromatic rings. The number of primary amides is 1. The van der Waals surface area contributed by atoms with Crippen molar-refractivity contribution in [1.29, 1.82) is 0 Å². The quantitative estimate of drug-likeness (QED) is 0.0348. The third-order valence-corrected chi connectivity index (χ3v) is 15.4. The molecule has 0 radical (unpaired) electrons. The Morgan fingerprint density at radius 3 is 2.50 bits per heavy atom. The highest BCUT2D eigenvalue weighted by atomic mass is 32.1. The number of benzene rings is 2. The Morgan fingerprint density at radius 2 is 1.77 bits per heavy atom. The van der Waals surface area contributed by atoms with Crippen molar-refractivity contribution in [2.24, 2.45) is 17.6 Å². The van der Waals surface area contributed by atoms with Gasteiger partial charge in [-0.25, -0.2) is 0 Å². The van der Waals surface area contributed by atoms with Crippen LogP contribution < -0.4 is 27.0 Å². The number of hydrogen-bond acceptors (Lipinski definition) is 10. The molecule has 0 bridgehead atoms. The maximum Gasteiger partial charge on any atom is 0.399 e. The minimum Gasteiger partial charge on any atom is -0.370 e. The zero-order valence-electron chi connectivity index (χ0n) is 38.5. The van der Waals surface area contributed by atoms with Crippen LogP contribution in [0.1, 0.15) is 127 Å². The standard InChI is InChI=1S/C48H56F2N7O11PS/c1-2-3-14-35(54-44(62)38-24-28-22-30(15-18-37(28)70-38)48(49,50)69(66,67)68)47(65)57-25-29-23-32(29)41(57)45(63)53-34(16-19-39(51)58)42(60)52-21-9-7-5-4-6-8-11-27-12-10-13-31-33(27)26-56(46(31)64)36-17-20-40(59)55-43(36)61/h10,12-13,15,18,22,24,29,32,34-36,41H,2-7,9,14,16-17,19-21,23,25-26H2,1H3,(H2,51,58)(H,52,60)(H,53,63)(H,54,62)(H,55,59,61)(H2,66,67,68)/t29-,32?,34+,35+,36?,41+/m1/s1. The fourth-order valence-corrected chi connectivity index (χ4v) is 10.8. The monoisotopic (exact) mass is 1010 g/mol. The van der Waals surface area contributed by atoms with Crippen molar-refractivity contribution in [2.75, 3.05) is 13.1 Å². The van der Waals surface area contributed by atoms with Gasteiger partial charge in [0.2, 0.25) is 35.4 Å². The van der Waals surface area contributed by atoms with Crippen LogP contribution in [-0.2, 0) is 45.5 Å². The summed E-state index contributed by atoms with van der Waals surface area (Å²) in [6, 6.07) is 5.79. The zero-order chi connectivity index (χ0) is 50.5. The van der Waals surface area contributed by atoms with Gasteiger partial charge in [0.05, 0.1) is 4.88 Å². The van der Waals surface area contributed by atoms with Gasteiger partial charge in [0.1, 0.15) is 24.2 Å². The number of carbonyl (C=O) groups excluding carboxylic acids is 8. The largest absolute Gasteiger partial charge is 0.399 e. The molecule has 374 valence electrons. The molecule has 4 aliphatic rings. The number of thiophene rings is 1. The lowest BCUT2D eigenvalue weighted by atomic mass is 10.0. The average molecular weight is 1010 g/mol. The van der Waals surface area contributed by atoms with E-state index in [2.05, 4.69) is 33.1 Å². The van der Waals surface area contributed by atoms with Gasteiger partial charge in [-0.3, -0.25) is 48.2 Å². The molecule has 2 saturated heterocycles. The lowest BCUT2D eigenvalue weighted by Gasteiger charge is -2.31. The molecule has 2 unspecified atom stereocenters. The third-order valence-electron chi connectivity index (χ3n) is 13.2. The predicted molar refractivity (Wildman–Crippen MR) is 251 cm³/mol. The molecule has 6 atom stereocenters. The number of carbonyl (C=O) groups is 8. The topological polar surface area (TPSA) is 275 Å². The van der Waals surface area contributed by atoms with E-state index in [1.165, 1.54) is 21.9 Å². The van der Waals surface area contributed by atoms with Crippen molar-refractivity contribution in [3.63, 3.8) is 0 Å². The molecule has 3 fully saturated rings. The number of hydrogen-bond donors (Lipinski definition) is 7. The van der Waals surface area contributed by atoms with Gasteiger partial charge in [-0.1, -0.05) is 56.6 Å². The van der Waals surface area contributed by atoms with E-state index in [-0.39, 0.29) is 79.1 Å². The van der Waals surface area contributed by atoms with Gasteiger partial charge in [-0.15, -0.1) is 11.3 Å². The Labute approximate surface area is 406 Å². The van der Waals surface area contributed by atoms with Crippen LogP contribution in [0.5, 0.6) is 0 Å². The van der Waals surface area contributed by atoms with Crippen LogP contribution in [0.2, 0.25) is 0 Å². The number of nitrogens with one attached hydrogen (secondary N) is 4. The molecule has 8 N–H and O–H groups in total. The number of likely N-dealkylation sites (tertiary alicyclic amines) is 1. The van der Waals surface area contributed by atoms with Gasteiger partial charge < -0.3 is 41.3 Å². The molecule has 1 aliphatic carbocycles. The van der Waals surface area contributed by atoms with Crippen LogP contribution in [0.4, 0.5) is 8.78 Å². The summed E-state index contributed by atoms with van der Waals surface area (Å²) in [6.07, 6.45) is 5.86. The fraction of sp³-hybridized carbons (Fsp3) is 0.500. The number of nitrogens with zero attached hydrogens (tertiary/aromatic N) is 2. The van der Waals surface area contributed by atoms with E-state index in [0.29, 0.717) is 54.5 Å². The van der Waals surface area contributed by atoms with Crippen LogP contribution in [0.15, 0.2) is 42.5 Å². The Hall–Kier alpha value is -6.07. The summed E-state index contributed by atoms with van der Waals surface area (Å²) < 4.78 is 40.7. The molecule has 7 rings (SSSR count). The highest BCUT2D eigenvalue weighted by Gasteiger charge is 2.58. The summed E-state index contributed by atoms with van der Waals surface area (Å²) in [5.74, 6) is 2.19. The first-order valence-corrected chi connectivity index (χ1v) is 25.9. The second-order valence-corrected chi connectivity index (χ2v) is 21.0. The molecule has 8 amide bonds. The number of alkyl halides is 2. The number of amides is 8. The van der Waals surface area contributed by atoms with Gasteiger partial charge in [-0.2, -0.15) is 8.78 Å². The van der Waals surface area contributed by atoms with Crippen molar-refractivity contribution < 1.29 is 61.5 Å². The summed E-state index contributed by atoms with van der Waals surface area (Å²) in [5, 5.41) is 10.8. The molecule has 3 aliphatic heterocycles. The lowest BCUT2D eigenvalue weighted by molar-refractivity contribution is -0.142. The van der Waals surface area contributed by atoms with Crippen LogP contribution in [-0.4, -0.2) is 104 Å². The second-order valence-electron chi connectivity index (χ2n) is 18.3. The summed E-state index contributed by atoms with van der Waals surface area (Å²) in [6.45, 7) is 2.68. The van der Waals surface area contributed by atoms with Gasteiger partial charge >= 0.3 is 13.3 Å². The molecule has 2 aromatic carbocycles. The number of fused-ring (bicyclic) bond motifs is 3. The van der Waals surface area contributed by atoms with Crippen LogP contribution in [0.3, 0.4) is 0 Å². The Kier molecular flexibility index (Phi) is 16.2. The summed E-state index contributed by atoms with van der Waals surface area (Å²) in [7, 11) is -5.83. The van der Waals surface area contributed by atoms with Gasteiger partial charge in [0.25, 0.3) is 11.8 Å². The van der Waals surface area contributed by atoms with Crippen molar-refractivity contribution >= 4 is 76.3 Å². The predicted octanol–water partition coefficient (Wildman–Crippen LogP) is 3.89. The highest BCUT2D eigenvalue weighted by Crippen LogP contribution is 2.59. The first-order valence-electron chi connectivity index (χ1n) is 23.5. The number of piperidine rings is 2. The minimum atomic E-state index is -5.83. The minimum absolute atomic E-state index is 0.0386. The van der Waals surface area contributed by atoms with Crippen molar-refractivity contribution in [3.05, 3.63) is 69.6 Å². The normalized spacial score (nSPS) is 20.4. The smallest absolute Gasteiger partial charge is 0.370 e. The average Bonchev–Trinajstić information content (AvgIpc) is 3.59. The molecule has 18 nitrogen and oxygen atoms in total. The maximum atomic E-state index is 14.4. The van der Waals surface area contributed by atoms with E-state index in [0.717, 1.165) is 48.3 Å². The van der Waals surface area contributed by atoms with Gasteiger partial charge in [0.15, 0.2) is 0 Å². The number of halogens is 2. The number of unbranched alkanes of at least 4 members (excludes halogenated alkanes) is 5. The van der Waals surface area contributed by atoms with E-state index >= 15 is 0 Å². The molecular weight excluding hydrogens is 952 g/mol. The second kappa shape index (κ2) is 21.9. The van der Waals surface area contributed by atoms with E-state index in [9.17, 15) is 61.5 Å². The molecule has 22 heteroatoms. The van der Waals surface area contributed by atoms with Gasteiger partial charge in [-0.05, 0) is 91.6 Å².